The molecule has 0 radical (unpaired) electrons. The first-order chi connectivity index (χ1) is 8.41. The van der Waals surface area contributed by atoms with Crippen LogP contribution in [0.2, 0.25) is 10.0 Å². The standard InChI is InChI=1S/C10H13Cl.C6H5Cl/c1-10(2,3)8-6-4-5-7-9(8)11;7-6-4-2-1-3-5-6/h4-7H,1-3H3;1-5H. The van der Waals surface area contributed by atoms with Crippen molar-refractivity contribution in [1.82, 2.24) is 0 Å². The van der Waals surface area contributed by atoms with Crippen molar-refractivity contribution in [3.8, 4) is 0 Å². The summed E-state index contributed by atoms with van der Waals surface area (Å²) in [6, 6.07) is 17.4. The minimum Gasteiger partial charge on any atom is -0.0843 e. The van der Waals surface area contributed by atoms with E-state index in [9.17, 15) is 0 Å². The van der Waals surface area contributed by atoms with Gasteiger partial charge in [-0.1, -0.05) is 80.4 Å². The zero-order valence-corrected chi connectivity index (χ0v) is 12.5. The van der Waals surface area contributed by atoms with Crippen LogP contribution >= 0.6 is 23.2 Å². The molecule has 0 amide bonds. The van der Waals surface area contributed by atoms with Crippen LogP contribution in [0.4, 0.5) is 0 Å². The molecule has 0 unspecified atom stereocenters. The van der Waals surface area contributed by atoms with Gasteiger partial charge in [0.05, 0.1) is 0 Å². The summed E-state index contributed by atoms with van der Waals surface area (Å²) in [6.07, 6.45) is 0. The molecule has 0 aliphatic carbocycles. The smallest absolute Gasteiger partial charge is 0.0443 e. The molecule has 2 aromatic rings. The molecule has 0 spiro atoms. The van der Waals surface area contributed by atoms with Gasteiger partial charge in [0.2, 0.25) is 0 Å². The van der Waals surface area contributed by atoms with E-state index in [0.717, 1.165) is 10.0 Å². The first-order valence-electron chi connectivity index (χ1n) is 5.87. The van der Waals surface area contributed by atoms with E-state index in [4.69, 9.17) is 23.2 Å². The Morgan fingerprint density at radius 1 is 0.722 bits per heavy atom. The van der Waals surface area contributed by atoms with Gasteiger partial charge >= 0.3 is 0 Å². The molecule has 0 saturated carbocycles. The summed E-state index contributed by atoms with van der Waals surface area (Å²) in [5.74, 6) is 0. The highest BCUT2D eigenvalue weighted by atomic mass is 35.5. The van der Waals surface area contributed by atoms with Gasteiger partial charge in [0.25, 0.3) is 0 Å². The molecule has 0 saturated heterocycles. The molecule has 0 atom stereocenters. The van der Waals surface area contributed by atoms with Crippen LogP contribution in [-0.4, -0.2) is 0 Å². The van der Waals surface area contributed by atoms with Gasteiger partial charge in [0.1, 0.15) is 0 Å². The molecule has 0 aromatic heterocycles. The lowest BCUT2D eigenvalue weighted by Crippen LogP contribution is -2.11. The lowest BCUT2D eigenvalue weighted by atomic mass is 9.87. The van der Waals surface area contributed by atoms with Crippen LogP contribution < -0.4 is 0 Å². The Labute approximate surface area is 120 Å². The third kappa shape index (κ3) is 5.12. The van der Waals surface area contributed by atoms with Crippen molar-refractivity contribution in [3.05, 3.63) is 70.2 Å². The Morgan fingerprint density at radius 3 is 1.56 bits per heavy atom. The average Bonchev–Trinajstić information content (AvgIpc) is 2.30. The molecule has 0 fully saturated rings. The van der Waals surface area contributed by atoms with Gasteiger partial charge in [-0.3, -0.25) is 0 Å². The second-order valence-electron chi connectivity index (χ2n) is 5.03. The molecule has 0 nitrogen and oxygen atoms in total. The van der Waals surface area contributed by atoms with Crippen molar-refractivity contribution in [1.29, 1.82) is 0 Å². The van der Waals surface area contributed by atoms with Crippen LogP contribution in [0, 0.1) is 0 Å². The van der Waals surface area contributed by atoms with Crippen molar-refractivity contribution in [3.63, 3.8) is 0 Å². The maximum Gasteiger partial charge on any atom is 0.0443 e. The highest BCUT2D eigenvalue weighted by Crippen LogP contribution is 2.28. The van der Waals surface area contributed by atoms with Crippen LogP contribution in [0.15, 0.2) is 54.6 Å². The first-order valence-corrected chi connectivity index (χ1v) is 6.62. The fraction of sp³-hybridized carbons (Fsp3) is 0.250. The summed E-state index contributed by atoms with van der Waals surface area (Å²) in [4.78, 5) is 0. The van der Waals surface area contributed by atoms with Crippen LogP contribution in [0.5, 0.6) is 0 Å². The largest absolute Gasteiger partial charge is 0.0843 e. The van der Waals surface area contributed by atoms with Gasteiger partial charge in [0, 0.05) is 10.0 Å². The van der Waals surface area contributed by atoms with Crippen molar-refractivity contribution in [2.24, 2.45) is 0 Å². The summed E-state index contributed by atoms with van der Waals surface area (Å²) in [5.41, 5.74) is 1.36. The maximum absolute atomic E-state index is 6.01. The number of halogens is 2. The molecule has 2 rings (SSSR count). The van der Waals surface area contributed by atoms with E-state index in [-0.39, 0.29) is 5.41 Å². The van der Waals surface area contributed by atoms with Gasteiger partial charge in [0.15, 0.2) is 0 Å². The Balaban J connectivity index is 0.000000199. The predicted octanol–water partition coefficient (Wildman–Crippen LogP) is 5.98. The lowest BCUT2D eigenvalue weighted by Gasteiger charge is -2.19. The van der Waals surface area contributed by atoms with Gasteiger partial charge in [-0.15, -0.1) is 0 Å². The lowest BCUT2D eigenvalue weighted by molar-refractivity contribution is 0.590. The van der Waals surface area contributed by atoms with Gasteiger partial charge < -0.3 is 0 Å². The Bertz CT molecular complexity index is 470. The predicted molar refractivity (Wildman–Crippen MR) is 81.6 cm³/mol. The minimum atomic E-state index is 0.151. The minimum absolute atomic E-state index is 0.151. The highest BCUT2D eigenvalue weighted by molar-refractivity contribution is 6.31. The number of rotatable bonds is 0. The quantitative estimate of drug-likeness (QED) is 0.557. The molecule has 2 aromatic carbocycles. The molecular formula is C16H18Cl2. The number of hydrogen-bond donors (Lipinski definition) is 0. The zero-order valence-electron chi connectivity index (χ0n) is 11.0. The molecule has 18 heavy (non-hydrogen) atoms. The van der Waals surface area contributed by atoms with E-state index in [0.29, 0.717) is 0 Å². The van der Waals surface area contributed by atoms with Crippen LogP contribution in [0.3, 0.4) is 0 Å². The molecule has 0 N–H and O–H groups in total. The molecule has 0 heterocycles. The summed E-state index contributed by atoms with van der Waals surface area (Å²) >= 11 is 11.5. The summed E-state index contributed by atoms with van der Waals surface area (Å²) < 4.78 is 0. The van der Waals surface area contributed by atoms with Gasteiger partial charge in [-0.05, 0) is 29.2 Å². The summed E-state index contributed by atoms with van der Waals surface area (Å²) in [6.45, 7) is 6.48. The maximum atomic E-state index is 6.01. The zero-order chi connectivity index (χ0) is 13.6. The second-order valence-corrected chi connectivity index (χ2v) is 5.87. The second kappa shape index (κ2) is 6.82. The Morgan fingerprint density at radius 2 is 1.22 bits per heavy atom. The van der Waals surface area contributed by atoms with Crippen LogP contribution in [0.25, 0.3) is 0 Å². The monoisotopic (exact) mass is 280 g/mol. The summed E-state index contributed by atoms with van der Waals surface area (Å²) in [7, 11) is 0. The summed E-state index contributed by atoms with van der Waals surface area (Å²) in [5, 5.41) is 1.66. The first kappa shape index (κ1) is 15.1. The van der Waals surface area contributed by atoms with Crippen molar-refractivity contribution in [2.45, 2.75) is 26.2 Å². The van der Waals surface area contributed by atoms with E-state index in [1.54, 1.807) is 0 Å². The Kier molecular flexibility index (Phi) is 5.71. The Hall–Kier alpha value is -0.980. The van der Waals surface area contributed by atoms with Crippen LogP contribution in [-0.2, 0) is 5.41 Å². The molecule has 0 bridgehead atoms. The highest BCUT2D eigenvalue weighted by Gasteiger charge is 2.15. The van der Waals surface area contributed by atoms with Crippen molar-refractivity contribution < 1.29 is 0 Å². The van der Waals surface area contributed by atoms with E-state index < -0.39 is 0 Å². The topological polar surface area (TPSA) is 0 Å². The van der Waals surface area contributed by atoms with Crippen molar-refractivity contribution in [2.75, 3.05) is 0 Å². The fourth-order valence-electron chi connectivity index (χ4n) is 1.48. The normalized spacial score (nSPS) is 10.5. The molecule has 0 aliphatic heterocycles. The van der Waals surface area contributed by atoms with E-state index in [1.165, 1.54) is 5.56 Å². The van der Waals surface area contributed by atoms with E-state index in [1.807, 2.05) is 48.5 Å². The van der Waals surface area contributed by atoms with Crippen LogP contribution in [0.1, 0.15) is 26.3 Å². The van der Waals surface area contributed by atoms with Crippen molar-refractivity contribution >= 4 is 23.2 Å². The molecular weight excluding hydrogens is 263 g/mol. The number of hydrogen-bond acceptors (Lipinski definition) is 0. The van der Waals surface area contributed by atoms with Gasteiger partial charge in [-0.25, -0.2) is 0 Å². The van der Waals surface area contributed by atoms with Gasteiger partial charge in [-0.2, -0.15) is 0 Å². The third-order valence-electron chi connectivity index (χ3n) is 2.41. The SMILES string of the molecule is CC(C)(C)c1ccccc1Cl.Clc1ccccc1. The number of benzene rings is 2. The average molecular weight is 281 g/mol. The molecule has 2 heteroatoms. The fourth-order valence-corrected chi connectivity index (χ4v) is 2.05. The van der Waals surface area contributed by atoms with E-state index >= 15 is 0 Å². The molecule has 96 valence electrons. The third-order valence-corrected chi connectivity index (χ3v) is 3.00. The molecule has 0 aliphatic rings. The van der Waals surface area contributed by atoms with E-state index in [2.05, 4.69) is 26.8 Å².